The van der Waals surface area contributed by atoms with Gasteiger partial charge in [0.1, 0.15) is 6.54 Å². The molecule has 1 rings (SSSR count). The second kappa shape index (κ2) is 6.42. The fourth-order valence-corrected chi connectivity index (χ4v) is 1.68. The maximum atomic E-state index is 13.0. The minimum absolute atomic E-state index is 0.110. The summed E-state index contributed by atoms with van der Waals surface area (Å²) in [6.45, 7) is 1.29. The number of carbonyl (C=O) groups is 1. The van der Waals surface area contributed by atoms with Gasteiger partial charge in [0.2, 0.25) is 0 Å². The minimum atomic E-state index is -4.77. The summed E-state index contributed by atoms with van der Waals surface area (Å²) in [5.74, 6) is -0.688. The number of hydrogen-bond donors (Lipinski definition) is 0. The Hall–Kier alpha value is -2.32. The number of anilines is 1. The summed E-state index contributed by atoms with van der Waals surface area (Å²) < 4.78 is 43.6. The average Bonchev–Trinajstić information content (AvgIpc) is 2.37. The van der Waals surface area contributed by atoms with Gasteiger partial charge in [0.25, 0.3) is 5.69 Å². The molecule has 6 nitrogen and oxygen atoms in total. The van der Waals surface area contributed by atoms with Crippen LogP contribution in [0.25, 0.3) is 0 Å². The molecular formula is C12H13F3N2O4. The van der Waals surface area contributed by atoms with Crippen LogP contribution in [0, 0.1) is 10.1 Å². The largest absolute Gasteiger partial charge is 0.465 e. The number of benzene rings is 1. The van der Waals surface area contributed by atoms with Crippen LogP contribution in [0.15, 0.2) is 18.2 Å². The molecule has 0 spiro atoms. The fraction of sp³-hybridized carbons (Fsp3) is 0.417. The van der Waals surface area contributed by atoms with Crippen LogP contribution < -0.4 is 4.90 Å². The van der Waals surface area contributed by atoms with Crippen molar-refractivity contribution in [2.45, 2.75) is 13.1 Å². The number of nitrogens with zero attached hydrogens (tertiary/aromatic N) is 2. The molecule has 0 N–H and O–H groups in total. The molecule has 0 atom stereocenters. The highest BCUT2D eigenvalue weighted by atomic mass is 19.4. The smallest absolute Gasteiger partial charge is 0.418 e. The number of carbonyl (C=O) groups excluding carboxylic acids is 1. The van der Waals surface area contributed by atoms with Crippen molar-refractivity contribution >= 4 is 17.3 Å². The van der Waals surface area contributed by atoms with Gasteiger partial charge in [-0.2, -0.15) is 13.2 Å². The van der Waals surface area contributed by atoms with Crippen LogP contribution in [0.4, 0.5) is 24.5 Å². The maximum absolute atomic E-state index is 13.0. The van der Waals surface area contributed by atoms with Crippen molar-refractivity contribution in [2.75, 3.05) is 25.1 Å². The number of hydrogen-bond acceptors (Lipinski definition) is 5. The van der Waals surface area contributed by atoms with Crippen molar-refractivity contribution in [1.29, 1.82) is 0 Å². The Morgan fingerprint density at radius 1 is 1.43 bits per heavy atom. The Labute approximate surface area is 118 Å². The van der Waals surface area contributed by atoms with Crippen LogP contribution in [0.2, 0.25) is 0 Å². The van der Waals surface area contributed by atoms with Gasteiger partial charge >= 0.3 is 12.1 Å². The summed E-state index contributed by atoms with van der Waals surface area (Å²) in [5.41, 5.74) is -2.18. The molecule has 0 saturated carbocycles. The summed E-state index contributed by atoms with van der Waals surface area (Å²) in [5, 5.41) is 10.6. The lowest BCUT2D eigenvalue weighted by Crippen LogP contribution is -2.29. The van der Waals surface area contributed by atoms with E-state index in [9.17, 15) is 28.1 Å². The molecule has 9 heteroatoms. The highest BCUT2D eigenvalue weighted by Crippen LogP contribution is 2.38. The van der Waals surface area contributed by atoms with E-state index in [0.29, 0.717) is 6.07 Å². The van der Waals surface area contributed by atoms with Gasteiger partial charge in [0.15, 0.2) is 0 Å². The lowest BCUT2D eigenvalue weighted by molar-refractivity contribution is -0.385. The van der Waals surface area contributed by atoms with E-state index in [1.54, 1.807) is 6.92 Å². The van der Waals surface area contributed by atoms with Gasteiger partial charge < -0.3 is 9.64 Å². The number of nitro benzene ring substituents is 1. The lowest BCUT2D eigenvalue weighted by Gasteiger charge is -2.22. The molecule has 0 bridgehead atoms. The molecule has 0 heterocycles. The van der Waals surface area contributed by atoms with Gasteiger partial charge in [-0.05, 0) is 13.0 Å². The standard InChI is InChI=1S/C12H13F3N2O4/c1-3-21-11(18)7-16(2)10-5-4-8(17(19)20)6-9(10)12(13,14)15/h4-6H,3,7H2,1-2H3. The van der Waals surface area contributed by atoms with Crippen molar-refractivity contribution in [1.82, 2.24) is 0 Å². The molecule has 0 aliphatic rings. The Bertz CT molecular complexity index is 546. The number of halogens is 3. The molecule has 0 fully saturated rings. The third kappa shape index (κ3) is 4.33. The van der Waals surface area contributed by atoms with E-state index in [1.165, 1.54) is 7.05 Å². The third-order valence-corrected chi connectivity index (χ3v) is 2.58. The zero-order valence-corrected chi connectivity index (χ0v) is 11.3. The molecule has 0 aliphatic heterocycles. The van der Waals surface area contributed by atoms with Gasteiger partial charge in [-0.15, -0.1) is 0 Å². The van der Waals surface area contributed by atoms with E-state index in [-0.39, 0.29) is 12.3 Å². The first-order valence-corrected chi connectivity index (χ1v) is 5.89. The summed E-state index contributed by atoms with van der Waals surface area (Å²) >= 11 is 0. The van der Waals surface area contributed by atoms with Gasteiger partial charge in [0, 0.05) is 24.9 Å². The van der Waals surface area contributed by atoms with Crippen molar-refractivity contribution in [3.63, 3.8) is 0 Å². The Morgan fingerprint density at radius 2 is 2.05 bits per heavy atom. The van der Waals surface area contributed by atoms with Crippen LogP contribution in [-0.2, 0) is 15.7 Å². The van der Waals surface area contributed by atoms with E-state index in [0.717, 1.165) is 17.0 Å². The summed E-state index contributed by atoms with van der Waals surface area (Å²) in [4.78, 5) is 22.0. The number of ether oxygens (including phenoxy) is 1. The summed E-state index contributed by atoms with van der Waals surface area (Å²) in [6, 6.07) is 2.35. The fourth-order valence-electron chi connectivity index (χ4n) is 1.68. The lowest BCUT2D eigenvalue weighted by atomic mass is 10.1. The SMILES string of the molecule is CCOC(=O)CN(C)c1ccc([N+](=O)[O-])cc1C(F)(F)F. The first kappa shape index (κ1) is 16.7. The first-order chi connectivity index (χ1) is 9.66. The van der Waals surface area contributed by atoms with Crippen LogP contribution in [0.5, 0.6) is 0 Å². The molecule has 0 aromatic heterocycles. The second-order valence-corrected chi connectivity index (χ2v) is 4.12. The molecule has 0 aliphatic carbocycles. The number of rotatable bonds is 5. The van der Waals surface area contributed by atoms with Crippen LogP contribution in [-0.4, -0.2) is 31.1 Å². The van der Waals surface area contributed by atoms with Crippen molar-refractivity contribution in [2.24, 2.45) is 0 Å². The molecule has 0 saturated heterocycles. The molecule has 21 heavy (non-hydrogen) atoms. The molecule has 0 radical (unpaired) electrons. The third-order valence-electron chi connectivity index (χ3n) is 2.58. The number of non-ortho nitro benzene ring substituents is 1. The molecular weight excluding hydrogens is 293 g/mol. The van der Waals surface area contributed by atoms with E-state index in [1.807, 2.05) is 0 Å². The monoisotopic (exact) mass is 306 g/mol. The zero-order valence-electron chi connectivity index (χ0n) is 11.3. The quantitative estimate of drug-likeness (QED) is 0.475. The van der Waals surface area contributed by atoms with Gasteiger partial charge in [0.05, 0.1) is 17.1 Å². The number of esters is 1. The number of nitro groups is 1. The van der Waals surface area contributed by atoms with Crippen molar-refractivity contribution < 1.29 is 27.6 Å². The highest BCUT2D eigenvalue weighted by molar-refractivity contribution is 5.76. The number of likely N-dealkylation sites (N-methyl/N-ethyl adjacent to an activating group) is 1. The van der Waals surface area contributed by atoms with E-state index in [4.69, 9.17) is 0 Å². The molecule has 1 aromatic rings. The van der Waals surface area contributed by atoms with Crippen molar-refractivity contribution in [3.05, 3.63) is 33.9 Å². The molecule has 0 amide bonds. The zero-order chi connectivity index (χ0) is 16.2. The maximum Gasteiger partial charge on any atom is 0.418 e. The van der Waals surface area contributed by atoms with Crippen LogP contribution >= 0.6 is 0 Å². The normalized spacial score (nSPS) is 11.1. The van der Waals surface area contributed by atoms with E-state index < -0.39 is 34.9 Å². The van der Waals surface area contributed by atoms with Gasteiger partial charge in [-0.1, -0.05) is 0 Å². The van der Waals surface area contributed by atoms with Gasteiger partial charge in [-0.3, -0.25) is 14.9 Å². The molecule has 1 aromatic carbocycles. The predicted molar refractivity (Wildman–Crippen MR) is 68.0 cm³/mol. The summed E-state index contributed by atoms with van der Waals surface area (Å²) in [7, 11) is 1.27. The Kier molecular flexibility index (Phi) is 5.12. The Balaban J connectivity index is 3.16. The second-order valence-electron chi connectivity index (χ2n) is 4.12. The van der Waals surface area contributed by atoms with Crippen molar-refractivity contribution in [3.8, 4) is 0 Å². The van der Waals surface area contributed by atoms with Crippen LogP contribution in [0.3, 0.4) is 0 Å². The minimum Gasteiger partial charge on any atom is -0.465 e. The predicted octanol–water partition coefficient (Wildman–Crippen LogP) is 2.61. The van der Waals surface area contributed by atoms with Crippen LogP contribution in [0.1, 0.15) is 12.5 Å². The molecule has 116 valence electrons. The van der Waals surface area contributed by atoms with E-state index >= 15 is 0 Å². The van der Waals surface area contributed by atoms with Gasteiger partial charge in [-0.25, -0.2) is 0 Å². The average molecular weight is 306 g/mol. The highest BCUT2D eigenvalue weighted by Gasteiger charge is 2.36. The number of alkyl halides is 3. The topological polar surface area (TPSA) is 72.7 Å². The first-order valence-electron chi connectivity index (χ1n) is 5.89. The Morgan fingerprint density at radius 3 is 2.52 bits per heavy atom. The van der Waals surface area contributed by atoms with E-state index in [2.05, 4.69) is 4.74 Å². The summed E-state index contributed by atoms with van der Waals surface area (Å²) in [6.07, 6.45) is -4.77. The molecule has 0 unspecified atom stereocenters.